The molecule has 5 nitrogen and oxygen atoms in total. The van der Waals surface area contributed by atoms with E-state index in [9.17, 15) is 13.2 Å². The van der Waals surface area contributed by atoms with Gasteiger partial charge < -0.3 is 33.2 Å². The van der Waals surface area contributed by atoms with Crippen LogP contribution >= 0.6 is 0 Å². The highest BCUT2D eigenvalue weighted by molar-refractivity contribution is 7.95. The van der Waals surface area contributed by atoms with Crippen LogP contribution in [0.1, 0.15) is 20.8 Å². The molecule has 1 heterocycles. The number of carbonyl (C=O) groups is 1. The van der Waals surface area contributed by atoms with Gasteiger partial charge in [0.2, 0.25) is 5.25 Å². The van der Waals surface area contributed by atoms with Crippen LogP contribution in [0.3, 0.4) is 0 Å². The van der Waals surface area contributed by atoms with Crippen molar-refractivity contribution in [2.45, 2.75) is 36.8 Å². The molecule has 2 unspecified atom stereocenters. The second kappa shape index (κ2) is 5.24. The lowest BCUT2D eigenvalue weighted by Crippen LogP contribution is -3.00. The Morgan fingerprint density at radius 2 is 1.72 bits per heavy atom. The predicted molar refractivity (Wildman–Crippen MR) is 65.2 cm³/mol. The number of esters is 1. The van der Waals surface area contributed by atoms with E-state index in [0.29, 0.717) is 4.48 Å². The van der Waals surface area contributed by atoms with Gasteiger partial charge >= 0.3 is 5.97 Å². The van der Waals surface area contributed by atoms with Gasteiger partial charge in [0.15, 0.2) is 9.84 Å². The molecule has 1 rings (SSSR count). The van der Waals surface area contributed by atoms with Crippen LogP contribution in [-0.4, -0.2) is 62.7 Å². The molecule has 2 atom stereocenters. The summed E-state index contributed by atoms with van der Waals surface area (Å²) in [6.45, 7) is 5.23. The maximum Gasteiger partial charge on any atom is 0.330 e. The zero-order chi connectivity index (χ0) is 13.6. The van der Waals surface area contributed by atoms with E-state index in [1.165, 1.54) is 0 Å². The molecule has 1 saturated heterocycles. The third-order valence-electron chi connectivity index (χ3n) is 3.42. The van der Waals surface area contributed by atoms with Crippen molar-refractivity contribution in [1.29, 1.82) is 0 Å². The van der Waals surface area contributed by atoms with Crippen LogP contribution in [0.2, 0.25) is 0 Å². The first kappa shape index (κ1) is 18.1. The van der Waals surface area contributed by atoms with E-state index in [-0.39, 0.29) is 36.6 Å². The van der Waals surface area contributed by atoms with Crippen LogP contribution in [0.25, 0.3) is 0 Å². The molecule has 1 fully saturated rings. The summed E-state index contributed by atoms with van der Waals surface area (Å²) >= 11 is 0. The molecule has 7 heteroatoms. The highest BCUT2D eigenvalue weighted by Crippen LogP contribution is 2.45. The number of rotatable bonds is 3. The topological polar surface area (TPSA) is 60.4 Å². The van der Waals surface area contributed by atoms with Crippen LogP contribution in [0.15, 0.2) is 0 Å². The van der Waals surface area contributed by atoms with Gasteiger partial charge in [0.25, 0.3) is 0 Å². The van der Waals surface area contributed by atoms with Crippen LogP contribution in [0, 0.1) is 0 Å². The summed E-state index contributed by atoms with van der Waals surface area (Å²) in [7, 11) is 2.24. The third kappa shape index (κ3) is 2.53. The maximum absolute atomic E-state index is 12.1. The van der Waals surface area contributed by atoms with Gasteiger partial charge in [-0.1, -0.05) is 0 Å². The Morgan fingerprint density at radius 3 is 2.06 bits per heavy atom. The second-order valence-corrected chi connectivity index (χ2v) is 8.53. The Hall–Kier alpha value is 0.110. The summed E-state index contributed by atoms with van der Waals surface area (Å²) in [5, 5.41) is -1.03. The summed E-state index contributed by atoms with van der Waals surface area (Å²) in [6, 6.07) is -0.272. The highest BCUT2D eigenvalue weighted by atomic mass is 127. The molecule has 0 radical (unpaired) electrons. The summed E-state index contributed by atoms with van der Waals surface area (Å²) < 4.78 is 28.7. The fraction of sp³-hybridized carbons (Fsp3) is 0.909. The van der Waals surface area contributed by atoms with Gasteiger partial charge in [-0.2, -0.15) is 0 Å². The van der Waals surface area contributed by atoms with Crippen LogP contribution < -0.4 is 24.0 Å². The monoisotopic (exact) mass is 391 g/mol. The van der Waals surface area contributed by atoms with Gasteiger partial charge in [-0.05, 0) is 20.8 Å². The summed E-state index contributed by atoms with van der Waals surface area (Å²) in [5.41, 5.74) is 0. The smallest absolute Gasteiger partial charge is 0.330 e. The molecular weight excluding hydrogens is 369 g/mol. The summed E-state index contributed by atoms with van der Waals surface area (Å²) in [6.07, 6.45) is 0. The summed E-state index contributed by atoms with van der Waals surface area (Å²) in [5.74, 6) is -0.620. The molecule has 18 heavy (non-hydrogen) atoms. The number of hydrogen-bond donors (Lipinski definition) is 0. The van der Waals surface area contributed by atoms with Crippen molar-refractivity contribution in [2.75, 3.05) is 27.7 Å². The molecule has 0 aromatic rings. The minimum absolute atomic E-state index is 0. The average Bonchev–Trinajstić information content (AvgIpc) is 2.11. The van der Waals surface area contributed by atoms with Gasteiger partial charge in [-0.15, -0.1) is 0 Å². The molecule has 0 N–H and O–H groups in total. The molecule has 0 aliphatic carbocycles. The van der Waals surface area contributed by atoms with Crippen LogP contribution in [0.4, 0.5) is 0 Å². The first-order valence-corrected chi connectivity index (χ1v) is 7.23. The molecule has 0 saturated carbocycles. The van der Waals surface area contributed by atoms with Crippen molar-refractivity contribution in [2.24, 2.45) is 0 Å². The van der Waals surface area contributed by atoms with E-state index in [1.807, 2.05) is 21.1 Å². The Balaban J connectivity index is 0.00000289. The van der Waals surface area contributed by atoms with Gasteiger partial charge in [0.1, 0.15) is 10.8 Å². The summed E-state index contributed by atoms with van der Waals surface area (Å²) in [4.78, 5) is 11.8. The van der Waals surface area contributed by atoms with Crippen molar-refractivity contribution >= 4 is 15.8 Å². The molecule has 0 aromatic heterocycles. The largest absolute Gasteiger partial charge is 1.00 e. The molecule has 0 spiro atoms. The number of halogens is 1. The number of sulfone groups is 1. The van der Waals surface area contributed by atoms with E-state index < -0.39 is 25.8 Å². The third-order valence-corrected chi connectivity index (χ3v) is 6.25. The normalized spacial score (nSPS) is 28.8. The first-order valence-electron chi connectivity index (χ1n) is 5.69. The molecule has 1 aliphatic heterocycles. The fourth-order valence-corrected chi connectivity index (χ4v) is 5.36. The second-order valence-electron chi connectivity index (χ2n) is 5.88. The van der Waals surface area contributed by atoms with Crippen molar-refractivity contribution in [1.82, 2.24) is 0 Å². The van der Waals surface area contributed by atoms with E-state index >= 15 is 0 Å². The number of carbonyl (C=O) groups excluding carboxylic acids is 1. The minimum Gasteiger partial charge on any atom is -1.00 e. The van der Waals surface area contributed by atoms with Crippen molar-refractivity contribution in [3.05, 3.63) is 0 Å². The molecule has 0 bridgehead atoms. The van der Waals surface area contributed by atoms with E-state index in [1.54, 1.807) is 20.8 Å². The lowest BCUT2D eigenvalue weighted by atomic mass is 9.94. The van der Waals surface area contributed by atoms with E-state index in [0.717, 1.165) is 0 Å². The standard InChI is InChI=1S/C11H22NO4S.HI/c1-7-16-10(13)8-9(12(4,5)6)11(2,3)17(8,14)15;/h8-9H,7H2,1-6H3;1H/q+1;/p-1. The number of ether oxygens (including phenoxy) is 1. The van der Waals surface area contributed by atoms with E-state index in [4.69, 9.17) is 4.74 Å². The van der Waals surface area contributed by atoms with Gasteiger partial charge in [0, 0.05) is 0 Å². The first-order chi connectivity index (χ1) is 7.48. The van der Waals surface area contributed by atoms with Gasteiger partial charge in [-0.25, -0.2) is 8.42 Å². The Bertz CT molecular complexity index is 425. The van der Waals surface area contributed by atoms with Crippen molar-refractivity contribution in [3.63, 3.8) is 0 Å². The van der Waals surface area contributed by atoms with Crippen molar-refractivity contribution in [3.8, 4) is 0 Å². The Kier molecular flexibility index (Phi) is 5.27. The molecule has 1 aliphatic rings. The SMILES string of the molecule is CCOC(=O)C1C([N+](C)(C)C)C(C)(C)S1(=O)=O.[I-]. The van der Waals surface area contributed by atoms with Gasteiger partial charge in [0.05, 0.1) is 27.7 Å². The predicted octanol–water partition coefficient (Wildman–Crippen LogP) is -2.80. The lowest BCUT2D eigenvalue weighted by Gasteiger charge is -2.53. The Morgan fingerprint density at radius 1 is 1.28 bits per heavy atom. The maximum atomic E-state index is 12.1. The minimum atomic E-state index is -3.44. The van der Waals surface area contributed by atoms with Crippen LogP contribution in [0.5, 0.6) is 0 Å². The average molecular weight is 391 g/mol. The number of quaternary nitrogens is 1. The number of nitrogens with zero attached hydrogens (tertiary/aromatic N) is 1. The van der Waals surface area contributed by atoms with Crippen molar-refractivity contribution < 1.29 is 46.4 Å². The molecule has 0 amide bonds. The zero-order valence-electron chi connectivity index (χ0n) is 11.7. The Labute approximate surface area is 126 Å². The molecule has 0 aromatic carbocycles. The lowest BCUT2D eigenvalue weighted by molar-refractivity contribution is -0.899. The number of hydrogen-bond acceptors (Lipinski definition) is 4. The zero-order valence-corrected chi connectivity index (χ0v) is 14.7. The highest BCUT2D eigenvalue weighted by Gasteiger charge is 2.71. The van der Waals surface area contributed by atoms with E-state index in [2.05, 4.69) is 0 Å². The fourth-order valence-electron chi connectivity index (χ4n) is 2.78. The molecule has 108 valence electrons. The quantitative estimate of drug-likeness (QED) is 0.297. The van der Waals surface area contributed by atoms with Gasteiger partial charge in [-0.3, -0.25) is 4.79 Å². The molecular formula is C11H22INO4S. The van der Waals surface area contributed by atoms with Crippen LogP contribution in [-0.2, 0) is 19.4 Å².